The summed E-state index contributed by atoms with van der Waals surface area (Å²) in [5, 5.41) is 15.1. The van der Waals surface area contributed by atoms with Gasteiger partial charge in [0.2, 0.25) is 10.0 Å². The van der Waals surface area contributed by atoms with Crippen LogP contribution in [0.1, 0.15) is 52.0 Å². The molecule has 3 aliphatic rings. The van der Waals surface area contributed by atoms with E-state index in [0.29, 0.717) is 29.7 Å². The van der Waals surface area contributed by atoms with Crippen molar-refractivity contribution in [3.8, 4) is 0 Å². The van der Waals surface area contributed by atoms with E-state index in [9.17, 15) is 19.1 Å². The van der Waals surface area contributed by atoms with Crippen molar-refractivity contribution in [1.82, 2.24) is 4.31 Å². The topological polar surface area (TPSA) is 106 Å². The van der Waals surface area contributed by atoms with Crippen LogP contribution in [0, 0.1) is 30.6 Å². The molecule has 1 unspecified atom stereocenters. The zero-order chi connectivity index (χ0) is 21.9. The van der Waals surface area contributed by atoms with E-state index in [0.717, 1.165) is 24.8 Å². The van der Waals surface area contributed by atoms with Crippen molar-refractivity contribution < 1.29 is 13.5 Å². The van der Waals surface area contributed by atoms with Gasteiger partial charge in [-0.25, -0.2) is 8.42 Å². The highest BCUT2D eigenvalue weighted by atomic mass is 32.2. The molecule has 1 N–H and O–H groups in total. The molecule has 164 valence electrons. The molecule has 1 aromatic carbocycles. The summed E-state index contributed by atoms with van der Waals surface area (Å²) in [5.41, 5.74) is 8.75. The second-order valence-corrected chi connectivity index (χ2v) is 12.0. The van der Waals surface area contributed by atoms with Crippen LogP contribution < -0.4 is 0 Å². The maximum absolute atomic E-state index is 13.4. The largest absolute Gasteiger partial charge is 0.390 e. The van der Waals surface area contributed by atoms with Crippen molar-refractivity contribution in [2.24, 2.45) is 28.8 Å². The summed E-state index contributed by atoms with van der Waals surface area (Å²) >= 11 is 0. The predicted molar refractivity (Wildman–Crippen MR) is 115 cm³/mol. The lowest BCUT2D eigenvalue weighted by Gasteiger charge is -2.54. The highest BCUT2D eigenvalue weighted by Crippen LogP contribution is 2.61. The van der Waals surface area contributed by atoms with Gasteiger partial charge in [-0.05, 0) is 80.9 Å². The number of benzene rings is 1. The molecule has 1 aromatic rings. The molecule has 0 radical (unpaired) electrons. The highest BCUT2D eigenvalue weighted by molar-refractivity contribution is 7.89. The van der Waals surface area contributed by atoms with Gasteiger partial charge in [0.15, 0.2) is 0 Å². The summed E-state index contributed by atoms with van der Waals surface area (Å²) in [5.74, 6) is 0.750. The van der Waals surface area contributed by atoms with E-state index in [1.807, 2.05) is 19.1 Å². The quantitative estimate of drug-likeness (QED) is 0.332. The van der Waals surface area contributed by atoms with Gasteiger partial charge in [0.05, 0.1) is 22.1 Å². The van der Waals surface area contributed by atoms with Gasteiger partial charge in [0.25, 0.3) is 0 Å². The van der Waals surface area contributed by atoms with E-state index in [2.05, 4.69) is 23.9 Å². The first-order valence-electron chi connectivity index (χ1n) is 10.9. The smallest absolute Gasteiger partial charge is 0.243 e. The molecule has 1 spiro atoms. The summed E-state index contributed by atoms with van der Waals surface area (Å²) in [4.78, 5) is 3.40. The second-order valence-electron chi connectivity index (χ2n) is 10.1. The third-order valence-electron chi connectivity index (χ3n) is 7.98. The molecule has 1 heterocycles. The van der Waals surface area contributed by atoms with Crippen LogP contribution >= 0.6 is 0 Å². The van der Waals surface area contributed by atoms with Crippen molar-refractivity contribution in [3.63, 3.8) is 0 Å². The Morgan fingerprint density at radius 1 is 1.23 bits per heavy atom. The fourth-order valence-electron chi connectivity index (χ4n) is 6.29. The number of azide groups is 1. The van der Waals surface area contributed by atoms with Crippen LogP contribution in [0.25, 0.3) is 10.4 Å². The zero-order valence-electron chi connectivity index (χ0n) is 18.2. The lowest BCUT2D eigenvalue weighted by Crippen LogP contribution is -2.58. The number of rotatable bonds is 4. The Labute approximate surface area is 179 Å². The zero-order valence-corrected chi connectivity index (χ0v) is 19.0. The highest BCUT2D eigenvalue weighted by Gasteiger charge is 2.69. The van der Waals surface area contributed by atoms with Gasteiger partial charge in [-0.3, -0.25) is 0 Å². The molecule has 3 fully saturated rings. The normalized spacial score (nSPS) is 40.7. The Kier molecular flexibility index (Phi) is 5.21. The minimum Gasteiger partial charge on any atom is -0.390 e. The van der Waals surface area contributed by atoms with E-state index in [1.54, 1.807) is 23.4 Å². The molecule has 8 heteroatoms. The van der Waals surface area contributed by atoms with Gasteiger partial charge < -0.3 is 5.11 Å². The maximum atomic E-state index is 13.4. The summed E-state index contributed by atoms with van der Waals surface area (Å²) in [6.45, 7) is 8.56. The molecular weight excluding hydrogens is 400 g/mol. The first kappa shape index (κ1) is 21.6. The molecule has 7 nitrogen and oxygen atoms in total. The molecule has 30 heavy (non-hydrogen) atoms. The number of sulfonamides is 1. The Morgan fingerprint density at radius 2 is 1.90 bits per heavy atom. The van der Waals surface area contributed by atoms with Crippen molar-refractivity contribution in [3.05, 3.63) is 40.3 Å². The predicted octanol–water partition coefficient (Wildman–Crippen LogP) is 4.26. The fraction of sp³-hybridized carbons (Fsp3) is 0.727. The minimum atomic E-state index is -3.57. The van der Waals surface area contributed by atoms with E-state index in [4.69, 9.17) is 0 Å². The van der Waals surface area contributed by atoms with E-state index in [-0.39, 0.29) is 11.8 Å². The number of hydrogen-bond donors (Lipinski definition) is 1. The molecule has 1 saturated heterocycles. The van der Waals surface area contributed by atoms with Gasteiger partial charge in [0.1, 0.15) is 0 Å². The molecule has 7 atom stereocenters. The van der Waals surface area contributed by atoms with Gasteiger partial charge in [0, 0.05) is 11.5 Å². The molecule has 1 aliphatic heterocycles. The van der Waals surface area contributed by atoms with Crippen molar-refractivity contribution in [2.45, 2.75) is 75.5 Å². The number of fused-ring (bicyclic) bond motifs is 2. The average molecular weight is 433 g/mol. The second kappa shape index (κ2) is 7.23. The number of aliphatic hydroxyl groups is 1. The Balaban J connectivity index is 1.72. The van der Waals surface area contributed by atoms with E-state index >= 15 is 0 Å². The monoisotopic (exact) mass is 432 g/mol. The Hall–Kier alpha value is -1.60. The van der Waals surface area contributed by atoms with Crippen LogP contribution in [0.15, 0.2) is 34.3 Å². The number of aryl methyl sites for hydroxylation is 1. The van der Waals surface area contributed by atoms with Gasteiger partial charge in [-0.15, -0.1) is 0 Å². The Morgan fingerprint density at radius 3 is 2.50 bits per heavy atom. The van der Waals surface area contributed by atoms with Crippen LogP contribution in [0.4, 0.5) is 0 Å². The van der Waals surface area contributed by atoms with Gasteiger partial charge in [-0.1, -0.05) is 36.7 Å². The van der Waals surface area contributed by atoms with Crippen LogP contribution in [0.5, 0.6) is 0 Å². The SMILES string of the molecule is Cc1ccc(S(=O)(=O)N2C[C@@]23CC[C@H](C(C)C)[C@H]2[C@@H](N=[N+]=[N-])[C@](C)(O)CC[C@@H]23)cc1. The average Bonchev–Trinajstić information content (AvgIpc) is 3.40. The summed E-state index contributed by atoms with van der Waals surface area (Å²) < 4.78 is 28.5. The van der Waals surface area contributed by atoms with Crippen LogP contribution in [-0.4, -0.2) is 41.6 Å². The van der Waals surface area contributed by atoms with Crippen molar-refractivity contribution in [2.75, 3.05) is 6.54 Å². The number of nitrogens with zero attached hydrogens (tertiary/aromatic N) is 4. The fourth-order valence-corrected chi connectivity index (χ4v) is 8.13. The standard InChI is InChI=1S/C22H32N4O3S/c1-14(2)17-9-12-22(18-10-11-21(4,27)20(19(17)18)24-25-23)13-26(22)30(28,29)16-7-5-15(3)6-8-16/h5-8,14,17-20,27H,9-13H2,1-4H3/t17-,18+,19-,20-,21-,22-,26?/m1/s1. The first-order chi connectivity index (χ1) is 14.0. The van der Waals surface area contributed by atoms with Gasteiger partial charge in [-0.2, -0.15) is 4.31 Å². The van der Waals surface area contributed by atoms with Gasteiger partial charge >= 0.3 is 0 Å². The third-order valence-corrected chi connectivity index (χ3v) is 9.92. The molecule has 2 aliphatic carbocycles. The molecular formula is C22H32N4O3S. The Bertz CT molecular complexity index is 969. The van der Waals surface area contributed by atoms with Crippen molar-refractivity contribution >= 4 is 10.0 Å². The van der Waals surface area contributed by atoms with Crippen LogP contribution in [-0.2, 0) is 10.0 Å². The van der Waals surface area contributed by atoms with Crippen molar-refractivity contribution in [1.29, 1.82) is 0 Å². The summed E-state index contributed by atoms with van der Waals surface area (Å²) in [7, 11) is -3.57. The minimum absolute atomic E-state index is 0.0170. The van der Waals surface area contributed by atoms with Crippen LogP contribution in [0.3, 0.4) is 0 Å². The third kappa shape index (κ3) is 3.25. The lowest BCUT2D eigenvalue weighted by molar-refractivity contribution is -0.0878. The molecule has 0 aromatic heterocycles. The molecule has 2 saturated carbocycles. The lowest BCUT2D eigenvalue weighted by atomic mass is 9.54. The summed E-state index contributed by atoms with van der Waals surface area (Å²) in [6.07, 6.45) is 2.97. The summed E-state index contributed by atoms with van der Waals surface area (Å²) in [6, 6.07) is 6.49. The number of hydrogen-bond acceptors (Lipinski definition) is 4. The maximum Gasteiger partial charge on any atom is 0.243 e. The van der Waals surface area contributed by atoms with E-state index in [1.165, 1.54) is 0 Å². The molecule has 0 bridgehead atoms. The van der Waals surface area contributed by atoms with Crippen LogP contribution in [0.2, 0.25) is 0 Å². The molecule has 4 rings (SSSR count). The molecule has 0 amide bonds. The van der Waals surface area contributed by atoms with E-state index < -0.39 is 27.2 Å². The first-order valence-corrected chi connectivity index (χ1v) is 12.3.